The van der Waals surface area contributed by atoms with Crippen molar-refractivity contribution in [1.82, 2.24) is 0 Å². The van der Waals surface area contributed by atoms with Gasteiger partial charge in [-0.2, -0.15) is 0 Å². The molecule has 0 saturated carbocycles. The lowest BCUT2D eigenvalue weighted by molar-refractivity contribution is -0.142. The largest absolute Gasteiger partial charge is 0.481 e. The minimum Gasteiger partial charge on any atom is -0.481 e. The quantitative estimate of drug-likeness (QED) is 0.298. The van der Waals surface area contributed by atoms with Crippen molar-refractivity contribution in [3.8, 4) is 0 Å². The zero-order valence-corrected chi connectivity index (χ0v) is 15.6. The van der Waals surface area contributed by atoms with E-state index in [4.69, 9.17) is 5.11 Å². The molecule has 0 aromatic carbocycles. The van der Waals surface area contributed by atoms with Gasteiger partial charge in [-0.1, -0.05) is 84.0 Å². The van der Waals surface area contributed by atoms with E-state index in [9.17, 15) is 14.7 Å². The average Bonchev–Trinajstić information content (AvgIpc) is 2.53. The highest BCUT2D eigenvalue weighted by molar-refractivity contribution is 5.69. The maximum absolute atomic E-state index is 11.3. The Morgan fingerprint density at radius 2 is 1.08 bits per heavy atom. The molecule has 0 rings (SSSR count). The maximum atomic E-state index is 11.3. The highest BCUT2D eigenvalue weighted by atomic mass is 16.4. The second kappa shape index (κ2) is 16.8. The van der Waals surface area contributed by atoms with Gasteiger partial charge in [-0.15, -0.1) is 0 Å². The normalized spacial score (nSPS) is 12.2. The number of unbranched alkanes of at least 4 members (excludes halogenated alkanes) is 11. The van der Waals surface area contributed by atoms with Gasteiger partial charge in [0, 0.05) is 6.42 Å². The molecule has 0 spiro atoms. The first-order valence-electron chi connectivity index (χ1n) is 10.0. The fraction of sp³-hybridized carbons (Fsp3) is 0.900. The van der Waals surface area contributed by atoms with Gasteiger partial charge in [0.1, 0.15) is 0 Å². The van der Waals surface area contributed by atoms with E-state index in [1.54, 1.807) is 0 Å². The minimum absolute atomic E-state index is 0.214. The van der Waals surface area contributed by atoms with Crippen LogP contribution in [0.3, 0.4) is 0 Å². The molecule has 0 heterocycles. The number of rotatable bonds is 18. The van der Waals surface area contributed by atoms with Crippen molar-refractivity contribution in [3.05, 3.63) is 0 Å². The van der Waals surface area contributed by atoms with Crippen LogP contribution in [0.2, 0.25) is 0 Å². The Balaban J connectivity index is 3.53. The molecular formula is C20H38O4. The van der Waals surface area contributed by atoms with Crippen LogP contribution < -0.4 is 0 Å². The smallest absolute Gasteiger partial charge is 0.306 e. The average molecular weight is 343 g/mol. The number of carboxylic acids is 2. The predicted molar refractivity (Wildman–Crippen MR) is 98.3 cm³/mol. The fourth-order valence-corrected chi connectivity index (χ4v) is 3.11. The van der Waals surface area contributed by atoms with Gasteiger partial charge in [0.05, 0.1) is 5.92 Å². The summed E-state index contributed by atoms with van der Waals surface area (Å²) < 4.78 is 0. The Bertz CT molecular complexity index is 315. The van der Waals surface area contributed by atoms with Crippen LogP contribution in [0.4, 0.5) is 0 Å². The Kier molecular flexibility index (Phi) is 16.0. The molecule has 0 aliphatic carbocycles. The van der Waals surface area contributed by atoms with Gasteiger partial charge in [0.2, 0.25) is 0 Å². The molecule has 0 amide bonds. The first-order chi connectivity index (χ1) is 11.6. The van der Waals surface area contributed by atoms with Crippen molar-refractivity contribution < 1.29 is 19.8 Å². The van der Waals surface area contributed by atoms with Crippen LogP contribution in [0, 0.1) is 5.92 Å². The molecule has 24 heavy (non-hydrogen) atoms. The number of carbonyl (C=O) groups is 2. The summed E-state index contributed by atoms with van der Waals surface area (Å²) in [5.41, 5.74) is 0. The number of hydrogen-bond acceptors (Lipinski definition) is 2. The van der Waals surface area contributed by atoms with E-state index in [1.165, 1.54) is 44.9 Å². The van der Waals surface area contributed by atoms with Gasteiger partial charge in [0.15, 0.2) is 0 Å². The van der Waals surface area contributed by atoms with Crippen LogP contribution in [-0.2, 0) is 9.59 Å². The summed E-state index contributed by atoms with van der Waals surface area (Å²) in [5, 5.41) is 17.9. The highest BCUT2D eigenvalue weighted by Gasteiger charge is 2.16. The van der Waals surface area contributed by atoms with Crippen molar-refractivity contribution in [2.75, 3.05) is 0 Å². The van der Waals surface area contributed by atoms with E-state index in [-0.39, 0.29) is 12.3 Å². The molecule has 0 aromatic rings. The van der Waals surface area contributed by atoms with Crippen molar-refractivity contribution in [2.45, 2.75) is 110 Å². The monoisotopic (exact) mass is 342 g/mol. The zero-order valence-electron chi connectivity index (χ0n) is 15.6. The molecule has 0 aliphatic heterocycles. The van der Waals surface area contributed by atoms with Gasteiger partial charge in [-0.25, -0.2) is 0 Å². The van der Waals surface area contributed by atoms with Crippen LogP contribution in [0.25, 0.3) is 0 Å². The van der Waals surface area contributed by atoms with Crippen molar-refractivity contribution >= 4 is 11.9 Å². The molecular weight excluding hydrogens is 304 g/mol. The molecule has 0 aromatic heterocycles. The van der Waals surface area contributed by atoms with Crippen LogP contribution >= 0.6 is 0 Å². The second-order valence-corrected chi connectivity index (χ2v) is 7.00. The molecule has 0 bridgehead atoms. The first kappa shape index (κ1) is 22.9. The summed E-state index contributed by atoms with van der Waals surface area (Å²) in [6, 6.07) is 0. The molecule has 2 N–H and O–H groups in total. The van der Waals surface area contributed by atoms with Crippen LogP contribution in [0.1, 0.15) is 110 Å². The molecule has 0 radical (unpaired) electrons. The van der Waals surface area contributed by atoms with Crippen molar-refractivity contribution in [2.24, 2.45) is 5.92 Å². The summed E-state index contributed by atoms with van der Waals surface area (Å²) in [7, 11) is 0. The maximum Gasteiger partial charge on any atom is 0.306 e. The van der Waals surface area contributed by atoms with Gasteiger partial charge in [0.25, 0.3) is 0 Å². The Labute approximate surface area is 148 Å². The van der Waals surface area contributed by atoms with E-state index in [2.05, 4.69) is 6.92 Å². The summed E-state index contributed by atoms with van der Waals surface area (Å²) in [5.74, 6) is -1.63. The summed E-state index contributed by atoms with van der Waals surface area (Å²) in [6.45, 7) is 2.23. The van der Waals surface area contributed by atoms with E-state index < -0.39 is 11.9 Å². The lowest BCUT2D eigenvalue weighted by Gasteiger charge is -2.12. The van der Waals surface area contributed by atoms with Crippen molar-refractivity contribution in [1.29, 1.82) is 0 Å². The first-order valence-corrected chi connectivity index (χ1v) is 10.0. The molecule has 0 saturated heterocycles. The minimum atomic E-state index is -0.747. The van der Waals surface area contributed by atoms with Crippen molar-refractivity contribution in [3.63, 3.8) is 0 Å². The molecule has 4 heteroatoms. The Morgan fingerprint density at radius 1 is 0.667 bits per heavy atom. The summed E-state index contributed by atoms with van der Waals surface area (Å²) >= 11 is 0. The molecule has 1 atom stereocenters. The third-order valence-corrected chi connectivity index (χ3v) is 4.70. The predicted octanol–water partition coefficient (Wildman–Crippen LogP) is 6.03. The van der Waals surface area contributed by atoms with Crippen LogP contribution in [-0.4, -0.2) is 22.2 Å². The summed E-state index contributed by atoms with van der Waals surface area (Å²) in [4.78, 5) is 21.7. The molecule has 1 unspecified atom stereocenters. The SMILES string of the molecule is CCCCCCCCCCCC(CCCCCCC(=O)O)C(=O)O. The zero-order chi connectivity index (χ0) is 18.0. The second-order valence-electron chi connectivity index (χ2n) is 7.00. The lowest BCUT2D eigenvalue weighted by Crippen LogP contribution is -2.13. The standard InChI is InChI=1S/C20H38O4/c1-2-3-4-5-6-7-8-9-12-15-18(20(23)24)16-13-10-11-14-17-19(21)22/h18H,2-17H2,1H3,(H,21,22)(H,23,24). The highest BCUT2D eigenvalue weighted by Crippen LogP contribution is 2.19. The van der Waals surface area contributed by atoms with Crippen LogP contribution in [0.5, 0.6) is 0 Å². The van der Waals surface area contributed by atoms with E-state index >= 15 is 0 Å². The topological polar surface area (TPSA) is 74.6 Å². The van der Waals surface area contributed by atoms with Gasteiger partial charge >= 0.3 is 11.9 Å². The number of carboxylic acid groups (broad SMARTS) is 2. The van der Waals surface area contributed by atoms with Gasteiger partial charge < -0.3 is 10.2 Å². The fourth-order valence-electron chi connectivity index (χ4n) is 3.11. The molecule has 0 aliphatic rings. The third-order valence-electron chi connectivity index (χ3n) is 4.70. The van der Waals surface area contributed by atoms with E-state index in [0.29, 0.717) is 6.42 Å². The van der Waals surface area contributed by atoms with E-state index in [1.807, 2.05) is 0 Å². The number of hydrogen-bond donors (Lipinski definition) is 2. The molecule has 4 nitrogen and oxygen atoms in total. The van der Waals surface area contributed by atoms with Gasteiger partial charge in [-0.05, 0) is 19.3 Å². The Morgan fingerprint density at radius 3 is 1.50 bits per heavy atom. The third kappa shape index (κ3) is 15.8. The Hall–Kier alpha value is -1.06. The molecule has 142 valence electrons. The van der Waals surface area contributed by atoms with E-state index in [0.717, 1.165) is 44.9 Å². The summed E-state index contributed by atoms with van der Waals surface area (Å²) in [6.07, 6.45) is 16.5. The van der Waals surface area contributed by atoms with Gasteiger partial charge in [-0.3, -0.25) is 9.59 Å². The molecule has 0 fully saturated rings. The van der Waals surface area contributed by atoms with Crippen LogP contribution in [0.15, 0.2) is 0 Å². The number of aliphatic carboxylic acids is 2. The lowest BCUT2D eigenvalue weighted by atomic mass is 9.94.